The van der Waals surface area contributed by atoms with Gasteiger partial charge in [0.1, 0.15) is 24.1 Å². The summed E-state index contributed by atoms with van der Waals surface area (Å²) in [6.45, 7) is 1.39. The molecule has 1 aliphatic rings. The highest BCUT2D eigenvalue weighted by molar-refractivity contribution is 5.85. The number of pyridine rings is 1. The van der Waals surface area contributed by atoms with E-state index >= 15 is 0 Å². The lowest BCUT2D eigenvalue weighted by Gasteiger charge is -2.41. The second-order valence-corrected chi connectivity index (χ2v) is 7.01. The molecule has 0 aliphatic carbocycles. The second-order valence-electron chi connectivity index (χ2n) is 7.01. The Hall–Kier alpha value is -2.65. The third-order valence-electron chi connectivity index (χ3n) is 5.14. The van der Waals surface area contributed by atoms with Gasteiger partial charge in [0.05, 0.1) is 36.1 Å². The summed E-state index contributed by atoms with van der Waals surface area (Å²) >= 11 is 0. The fourth-order valence-electron chi connectivity index (χ4n) is 3.60. The summed E-state index contributed by atoms with van der Waals surface area (Å²) in [4.78, 5) is 15.2. The van der Waals surface area contributed by atoms with Crippen molar-refractivity contribution in [2.75, 3.05) is 11.9 Å². The van der Waals surface area contributed by atoms with E-state index in [1.165, 1.54) is 6.26 Å². The van der Waals surface area contributed by atoms with Gasteiger partial charge < -0.3 is 34.8 Å². The van der Waals surface area contributed by atoms with Gasteiger partial charge in [-0.05, 0) is 42.6 Å². The average molecular weight is 386 g/mol. The van der Waals surface area contributed by atoms with Crippen molar-refractivity contribution in [2.24, 2.45) is 0 Å². The molecule has 5 N–H and O–H groups in total. The number of hydrogen-bond acceptors (Lipinski definition) is 7. The molecule has 1 aromatic carbocycles. The molecule has 3 heterocycles. The Morgan fingerprint density at radius 2 is 2.00 bits per heavy atom. The third kappa shape index (κ3) is 3.31. The standard InChI is InChI=1S/C20H22N2O6/c1-10-17(19(25)18(24)16(9-23)28-10)21-12-5-4-11-7-13(15-3-2-6-27-15)20(26)22-14(11)8-12/h2-8,10,16-19,21,23-25H,9H2,1H3,(H,22,26). The zero-order chi connectivity index (χ0) is 19.8. The Bertz CT molecular complexity index is 1020. The van der Waals surface area contributed by atoms with Gasteiger partial charge >= 0.3 is 0 Å². The average Bonchev–Trinajstić information content (AvgIpc) is 3.22. The zero-order valence-corrected chi connectivity index (χ0v) is 15.2. The van der Waals surface area contributed by atoms with Gasteiger partial charge in [-0.2, -0.15) is 0 Å². The molecule has 0 radical (unpaired) electrons. The van der Waals surface area contributed by atoms with Gasteiger partial charge in [-0.25, -0.2) is 0 Å². The van der Waals surface area contributed by atoms with E-state index in [4.69, 9.17) is 9.15 Å². The van der Waals surface area contributed by atoms with Gasteiger partial charge in [0.25, 0.3) is 5.56 Å². The Balaban J connectivity index is 1.62. The van der Waals surface area contributed by atoms with Gasteiger partial charge in [-0.1, -0.05) is 6.07 Å². The first-order valence-corrected chi connectivity index (χ1v) is 9.08. The SMILES string of the molecule is CC1OC(CO)C(O)C(O)C1Nc1ccc2cc(-c3ccco3)c(=O)[nH]c2c1. The third-order valence-corrected chi connectivity index (χ3v) is 5.14. The highest BCUT2D eigenvalue weighted by Gasteiger charge is 2.42. The predicted octanol–water partition coefficient (Wildman–Crippen LogP) is 1.07. The number of anilines is 1. The van der Waals surface area contributed by atoms with Crippen molar-refractivity contribution < 1.29 is 24.5 Å². The van der Waals surface area contributed by atoms with E-state index in [0.717, 1.165) is 5.39 Å². The molecular formula is C20H22N2O6. The van der Waals surface area contributed by atoms with Crippen LogP contribution >= 0.6 is 0 Å². The van der Waals surface area contributed by atoms with E-state index in [9.17, 15) is 20.1 Å². The first kappa shape index (κ1) is 18.7. The van der Waals surface area contributed by atoms with Crippen LogP contribution in [0.2, 0.25) is 0 Å². The molecule has 8 nitrogen and oxygen atoms in total. The number of aromatic nitrogens is 1. The minimum absolute atomic E-state index is 0.268. The minimum Gasteiger partial charge on any atom is -0.464 e. The number of nitrogens with one attached hydrogen (secondary N) is 2. The molecule has 4 rings (SSSR count). The van der Waals surface area contributed by atoms with E-state index in [1.54, 1.807) is 31.2 Å². The van der Waals surface area contributed by atoms with Crippen molar-refractivity contribution in [1.29, 1.82) is 0 Å². The van der Waals surface area contributed by atoms with Crippen molar-refractivity contribution >= 4 is 16.6 Å². The Morgan fingerprint density at radius 3 is 2.71 bits per heavy atom. The molecule has 5 atom stereocenters. The van der Waals surface area contributed by atoms with Gasteiger partial charge in [0.2, 0.25) is 0 Å². The lowest BCUT2D eigenvalue weighted by atomic mass is 9.93. The molecule has 5 unspecified atom stereocenters. The molecule has 2 aromatic heterocycles. The van der Waals surface area contributed by atoms with Crippen molar-refractivity contribution in [3.8, 4) is 11.3 Å². The topological polar surface area (TPSA) is 128 Å². The van der Waals surface area contributed by atoms with Crippen LogP contribution in [-0.2, 0) is 4.74 Å². The highest BCUT2D eigenvalue weighted by atomic mass is 16.5. The van der Waals surface area contributed by atoms with Crippen LogP contribution in [0.4, 0.5) is 5.69 Å². The molecule has 0 spiro atoms. The molecule has 1 saturated heterocycles. The maximum absolute atomic E-state index is 12.4. The summed E-state index contributed by atoms with van der Waals surface area (Å²) in [6.07, 6.45) is -2.06. The molecule has 148 valence electrons. The van der Waals surface area contributed by atoms with Gasteiger partial charge in [-0.3, -0.25) is 4.79 Å². The molecule has 1 aliphatic heterocycles. The van der Waals surface area contributed by atoms with Crippen LogP contribution in [0.5, 0.6) is 0 Å². The fourth-order valence-corrected chi connectivity index (χ4v) is 3.60. The van der Waals surface area contributed by atoms with Crippen LogP contribution < -0.4 is 10.9 Å². The van der Waals surface area contributed by atoms with Crippen molar-refractivity contribution in [1.82, 2.24) is 4.98 Å². The van der Waals surface area contributed by atoms with Crippen LogP contribution in [0.3, 0.4) is 0 Å². The monoisotopic (exact) mass is 386 g/mol. The largest absolute Gasteiger partial charge is 0.464 e. The molecule has 0 saturated carbocycles. The quantitative estimate of drug-likeness (QED) is 0.454. The number of aliphatic hydroxyl groups is 3. The Morgan fingerprint density at radius 1 is 1.18 bits per heavy atom. The van der Waals surface area contributed by atoms with E-state index in [-0.39, 0.29) is 12.2 Å². The van der Waals surface area contributed by atoms with Gasteiger partial charge in [-0.15, -0.1) is 0 Å². The smallest absolute Gasteiger partial charge is 0.259 e. The summed E-state index contributed by atoms with van der Waals surface area (Å²) in [5.74, 6) is 0.495. The van der Waals surface area contributed by atoms with E-state index in [2.05, 4.69) is 10.3 Å². The number of furan rings is 1. The van der Waals surface area contributed by atoms with Crippen LogP contribution in [0.1, 0.15) is 6.92 Å². The number of fused-ring (bicyclic) bond motifs is 1. The number of aliphatic hydroxyl groups excluding tert-OH is 3. The maximum Gasteiger partial charge on any atom is 0.259 e. The Labute approximate surface area is 160 Å². The van der Waals surface area contributed by atoms with Crippen LogP contribution in [-0.4, -0.2) is 57.4 Å². The molecule has 0 bridgehead atoms. The van der Waals surface area contributed by atoms with Gasteiger partial charge in [0, 0.05) is 5.69 Å². The first-order chi connectivity index (χ1) is 13.5. The molecule has 8 heteroatoms. The van der Waals surface area contributed by atoms with Crippen molar-refractivity contribution in [3.05, 3.63) is 53.0 Å². The molecule has 28 heavy (non-hydrogen) atoms. The minimum atomic E-state index is -1.20. The second kappa shape index (κ2) is 7.40. The lowest BCUT2D eigenvalue weighted by molar-refractivity contribution is -0.180. The highest BCUT2D eigenvalue weighted by Crippen LogP contribution is 2.26. The summed E-state index contributed by atoms with van der Waals surface area (Å²) in [5, 5.41) is 33.7. The zero-order valence-electron chi connectivity index (χ0n) is 15.2. The molecule has 0 amide bonds. The van der Waals surface area contributed by atoms with Gasteiger partial charge in [0.15, 0.2) is 0 Å². The van der Waals surface area contributed by atoms with Crippen LogP contribution in [0, 0.1) is 0 Å². The maximum atomic E-state index is 12.4. The predicted molar refractivity (Wildman–Crippen MR) is 103 cm³/mol. The molecule has 3 aromatic rings. The number of ether oxygens (including phenoxy) is 1. The number of aromatic amines is 1. The number of hydrogen-bond donors (Lipinski definition) is 5. The van der Waals surface area contributed by atoms with Crippen LogP contribution in [0.15, 0.2) is 51.9 Å². The van der Waals surface area contributed by atoms with Crippen molar-refractivity contribution in [2.45, 2.75) is 37.4 Å². The summed E-state index contributed by atoms with van der Waals surface area (Å²) in [6, 6.07) is 10.0. The fraction of sp³-hybridized carbons (Fsp3) is 0.350. The number of H-pyrrole nitrogens is 1. The van der Waals surface area contributed by atoms with Crippen LogP contribution in [0.25, 0.3) is 22.2 Å². The molecule has 1 fully saturated rings. The molecular weight excluding hydrogens is 364 g/mol. The first-order valence-electron chi connectivity index (χ1n) is 9.08. The van der Waals surface area contributed by atoms with E-state index in [0.29, 0.717) is 22.5 Å². The van der Waals surface area contributed by atoms with E-state index < -0.39 is 30.5 Å². The van der Waals surface area contributed by atoms with Crippen molar-refractivity contribution in [3.63, 3.8) is 0 Å². The summed E-state index contributed by atoms with van der Waals surface area (Å²) in [5.41, 5.74) is 1.46. The van der Waals surface area contributed by atoms with E-state index in [1.807, 2.05) is 12.1 Å². The Kier molecular flexibility index (Phi) is 4.94. The summed E-state index contributed by atoms with van der Waals surface area (Å²) < 4.78 is 10.9. The lowest BCUT2D eigenvalue weighted by Crippen LogP contribution is -2.60. The summed E-state index contributed by atoms with van der Waals surface area (Å²) in [7, 11) is 0. The number of rotatable bonds is 4. The normalized spacial score (nSPS) is 27.8. The number of benzene rings is 1.